The van der Waals surface area contributed by atoms with Crippen LogP contribution in [-0.2, 0) is 0 Å². The zero-order valence-electron chi connectivity index (χ0n) is 10.4. The van der Waals surface area contributed by atoms with Crippen LogP contribution in [0.3, 0.4) is 0 Å². The Morgan fingerprint density at radius 1 is 1.29 bits per heavy atom. The van der Waals surface area contributed by atoms with Crippen LogP contribution in [0.25, 0.3) is 0 Å². The maximum atomic E-state index is 9.41. The van der Waals surface area contributed by atoms with E-state index in [0.29, 0.717) is 24.9 Å². The van der Waals surface area contributed by atoms with E-state index in [4.69, 9.17) is 4.74 Å². The van der Waals surface area contributed by atoms with E-state index in [1.165, 1.54) is 7.11 Å². The Bertz CT molecular complexity index is 325. The number of hydrogen-bond donors (Lipinski definition) is 3. The van der Waals surface area contributed by atoms with Crippen molar-refractivity contribution >= 4 is 11.9 Å². The molecular weight excluding hydrogens is 222 g/mol. The molecular formula is C10H19N5O2. The van der Waals surface area contributed by atoms with Gasteiger partial charge in [-0.2, -0.15) is 15.0 Å². The van der Waals surface area contributed by atoms with Gasteiger partial charge in [0.1, 0.15) is 0 Å². The molecule has 0 aliphatic heterocycles. The highest BCUT2D eigenvalue weighted by Gasteiger charge is 2.06. The molecule has 0 aliphatic rings. The first-order valence-corrected chi connectivity index (χ1v) is 5.59. The molecule has 17 heavy (non-hydrogen) atoms. The second kappa shape index (κ2) is 6.85. The van der Waals surface area contributed by atoms with Gasteiger partial charge in [-0.15, -0.1) is 0 Å². The van der Waals surface area contributed by atoms with Crippen LogP contribution in [0.4, 0.5) is 11.9 Å². The Kier molecular flexibility index (Phi) is 5.41. The van der Waals surface area contributed by atoms with Crippen LogP contribution in [0.5, 0.6) is 6.01 Å². The third kappa shape index (κ3) is 4.39. The summed E-state index contributed by atoms with van der Waals surface area (Å²) in [4.78, 5) is 12.1. The van der Waals surface area contributed by atoms with Crippen LogP contribution < -0.4 is 15.4 Å². The molecule has 96 valence electrons. The fraction of sp³-hybridized carbons (Fsp3) is 0.700. The minimum absolute atomic E-state index is 0.253. The molecule has 0 fully saturated rings. The summed E-state index contributed by atoms with van der Waals surface area (Å²) in [6.07, 6.45) is 1.10. The standard InChI is InChI=1S/C10H19N5O2/c1-4-7(16)5-6-12-9-13-8(11-2)14-10(15-9)17-3/h7,16H,4-6H2,1-3H3,(H2,11,12,13,14,15). The second-order valence-electron chi connectivity index (χ2n) is 3.50. The third-order valence-corrected chi connectivity index (χ3v) is 2.25. The molecule has 7 nitrogen and oxygen atoms in total. The molecule has 1 heterocycles. The van der Waals surface area contributed by atoms with E-state index in [0.717, 1.165) is 6.42 Å². The number of rotatable bonds is 7. The Hall–Kier alpha value is -1.63. The van der Waals surface area contributed by atoms with Crippen LogP contribution in [0.2, 0.25) is 0 Å². The number of aliphatic hydroxyl groups is 1. The van der Waals surface area contributed by atoms with Crippen molar-refractivity contribution in [3.05, 3.63) is 0 Å². The van der Waals surface area contributed by atoms with Crippen molar-refractivity contribution in [1.82, 2.24) is 15.0 Å². The molecule has 1 aromatic heterocycles. The first-order valence-electron chi connectivity index (χ1n) is 5.59. The number of nitrogens with zero attached hydrogens (tertiary/aromatic N) is 3. The Balaban J connectivity index is 2.57. The molecule has 0 aromatic carbocycles. The molecule has 7 heteroatoms. The van der Waals surface area contributed by atoms with E-state index in [9.17, 15) is 5.11 Å². The van der Waals surface area contributed by atoms with Crippen LogP contribution in [-0.4, -0.2) is 46.9 Å². The van der Waals surface area contributed by atoms with Gasteiger partial charge in [0.2, 0.25) is 11.9 Å². The van der Waals surface area contributed by atoms with Gasteiger partial charge in [0.15, 0.2) is 0 Å². The first kappa shape index (κ1) is 13.4. The summed E-state index contributed by atoms with van der Waals surface area (Å²) in [7, 11) is 3.22. The predicted octanol–water partition coefficient (Wildman–Crippen LogP) is 0.495. The van der Waals surface area contributed by atoms with Gasteiger partial charge in [-0.3, -0.25) is 0 Å². The van der Waals surface area contributed by atoms with Gasteiger partial charge in [0, 0.05) is 13.6 Å². The van der Waals surface area contributed by atoms with Crippen molar-refractivity contribution in [1.29, 1.82) is 0 Å². The molecule has 0 saturated carbocycles. The highest BCUT2D eigenvalue weighted by Crippen LogP contribution is 2.10. The minimum Gasteiger partial charge on any atom is -0.467 e. The third-order valence-electron chi connectivity index (χ3n) is 2.25. The molecule has 1 aromatic rings. The highest BCUT2D eigenvalue weighted by atomic mass is 16.5. The van der Waals surface area contributed by atoms with Crippen molar-refractivity contribution < 1.29 is 9.84 Å². The van der Waals surface area contributed by atoms with Gasteiger partial charge in [0.05, 0.1) is 13.2 Å². The van der Waals surface area contributed by atoms with Crippen LogP contribution >= 0.6 is 0 Å². The summed E-state index contributed by atoms with van der Waals surface area (Å²) in [6.45, 7) is 2.54. The Morgan fingerprint density at radius 3 is 2.59 bits per heavy atom. The van der Waals surface area contributed by atoms with Gasteiger partial charge < -0.3 is 20.5 Å². The van der Waals surface area contributed by atoms with Gasteiger partial charge in [-0.05, 0) is 12.8 Å². The van der Waals surface area contributed by atoms with Gasteiger partial charge in [-0.25, -0.2) is 0 Å². The van der Waals surface area contributed by atoms with E-state index in [2.05, 4.69) is 25.6 Å². The molecule has 1 unspecified atom stereocenters. The molecule has 0 aliphatic carbocycles. The van der Waals surface area contributed by atoms with Crippen LogP contribution in [0.15, 0.2) is 0 Å². The molecule has 3 N–H and O–H groups in total. The number of anilines is 2. The number of ether oxygens (including phenoxy) is 1. The number of aromatic nitrogens is 3. The summed E-state index contributed by atoms with van der Waals surface area (Å²) in [6, 6.07) is 0.253. The normalized spacial score (nSPS) is 12.0. The van der Waals surface area contributed by atoms with E-state index in [1.807, 2.05) is 6.92 Å². The number of nitrogens with one attached hydrogen (secondary N) is 2. The van der Waals surface area contributed by atoms with Gasteiger partial charge in [-0.1, -0.05) is 6.92 Å². The zero-order valence-corrected chi connectivity index (χ0v) is 10.4. The Morgan fingerprint density at radius 2 is 2.00 bits per heavy atom. The lowest BCUT2D eigenvalue weighted by Gasteiger charge is -2.09. The quantitative estimate of drug-likeness (QED) is 0.640. The first-order chi connectivity index (χ1) is 8.19. The average Bonchev–Trinajstić information content (AvgIpc) is 2.37. The summed E-state index contributed by atoms with van der Waals surface area (Å²) < 4.78 is 4.95. The van der Waals surface area contributed by atoms with Crippen LogP contribution in [0.1, 0.15) is 19.8 Å². The van der Waals surface area contributed by atoms with Gasteiger partial charge >= 0.3 is 6.01 Å². The molecule has 0 spiro atoms. The van der Waals surface area contributed by atoms with E-state index >= 15 is 0 Å². The zero-order chi connectivity index (χ0) is 12.7. The van der Waals surface area contributed by atoms with E-state index in [-0.39, 0.29) is 12.1 Å². The topological polar surface area (TPSA) is 92.2 Å². The average molecular weight is 241 g/mol. The molecule has 0 radical (unpaired) electrons. The second-order valence-corrected chi connectivity index (χ2v) is 3.50. The summed E-state index contributed by atoms with van der Waals surface area (Å²) in [5, 5.41) is 15.2. The van der Waals surface area contributed by atoms with Crippen LogP contribution in [0, 0.1) is 0 Å². The van der Waals surface area contributed by atoms with Crippen molar-refractivity contribution in [3.8, 4) is 6.01 Å². The molecule has 0 saturated heterocycles. The lowest BCUT2D eigenvalue weighted by Crippen LogP contribution is -2.14. The fourth-order valence-electron chi connectivity index (χ4n) is 1.19. The van der Waals surface area contributed by atoms with Crippen molar-refractivity contribution in [2.45, 2.75) is 25.9 Å². The largest absolute Gasteiger partial charge is 0.467 e. The van der Waals surface area contributed by atoms with Crippen molar-refractivity contribution in [2.24, 2.45) is 0 Å². The minimum atomic E-state index is -0.296. The monoisotopic (exact) mass is 241 g/mol. The predicted molar refractivity (Wildman–Crippen MR) is 65.3 cm³/mol. The SMILES string of the molecule is CCC(O)CCNc1nc(NC)nc(OC)n1. The maximum absolute atomic E-state index is 9.41. The smallest absolute Gasteiger partial charge is 0.322 e. The number of hydrogen-bond acceptors (Lipinski definition) is 7. The summed E-state index contributed by atoms with van der Waals surface area (Å²) in [5.41, 5.74) is 0. The summed E-state index contributed by atoms with van der Waals surface area (Å²) in [5.74, 6) is 0.875. The highest BCUT2D eigenvalue weighted by molar-refractivity contribution is 5.35. The van der Waals surface area contributed by atoms with E-state index < -0.39 is 0 Å². The molecule has 1 atom stereocenters. The summed E-state index contributed by atoms with van der Waals surface area (Å²) >= 11 is 0. The van der Waals surface area contributed by atoms with Crippen molar-refractivity contribution in [3.63, 3.8) is 0 Å². The van der Waals surface area contributed by atoms with Gasteiger partial charge in [0.25, 0.3) is 0 Å². The number of aliphatic hydroxyl groups excluding tert-OH is 1. The lowest BCUT2D eigenvalue weighted by atomic mass is 10.2. The lowest BCUT2D eigenvalue weighted by molar-refractivity contribution is 0.164. The van der Waals surface area contributed by atoms with Crippen molar-refractivity contribution in [2.75, 3.05) is 31.3 Å². The maximum Gasteiger partial charge on any atom is 0.322 e. The van der Waals surface area contributed by atoms with E-state index in [1.54, 1.807) is 7.05 Å². The molecule has 0 amide bonds. The molecule has 0 bridgehead atoms. The fourth-order valence-corrected chi connectivity index (χ4v) is 1.19. The Labute approximate surface area is 101 Å². The number of methoxy groups -OCH3 is 1. The molecule has 1 rings (SSSR count).